The molecule has 33 heavy (non-hydrogen) atoms. The van der Waals surface area contributed by atoms with E-state index >= 15 is 0 Å². The van der Waals surface area contributed by atoms with Crippen molar-refractivity contribution in [1.29, 1.82) is 0 Å². The van der Waals surface area contributed by atoms with E-state index in [1.165, 1.54) is 19.6 Å². The van der Waals surface area contributed by atoms with Crippen LogP contribution in [0.5, 0.6) is 0 Å². The van der Waals surface area contributed by atoms with E-state index in [0.717, 1.165) is 29.8 Å². The van der Waals surface area contributed by atoms with Gasteiger partial charge in [-0.15, -0.1) is 0 Å². The maximum atomic E-state index is 12.3. The van der Waals surface area contributed by atoms with Crippen molar-refractivity contribution >= 4 is 18.3 Å². The lowest BCUT2D eigenvalue weighted by Crippen LogP contribution is -2.43. The van der Waals surface area contributed by atoms with Crippen LogP contribution in [0.3, 0.4) is 0 Å². The van der Waals surface area contributed by atoms with Gasteiger partial charge in [0.25, 0.3) is 12.4 Å². The third kappa shape index (κ3) is 7.89. The van der Waals surface area contributed by atoms with Crippen LogP contribution < -0.4 is 5.32 Å². The number of methoxy groups -OCH3 is 1. The van der Waals surface area contributed by atoms with Gasteiger partial charge >= 0.3 is 5.97 Å². The number of hydrogen-bond donors (Lipinski definition) is 3. The number of imidazole rings is 1. The number of carboxylic acid groups (broad SMARTS) is 1. The molecule has 0 aliphatic rings. The normalized spacial score (nSPS) is 11.3. The zero-order valence-electron chi connectivity index (χ0n) is 18.8. The van der Waals surface area contributed by atoms with E-state index in [9.17, 15) is 9.59 Å². The predicted octanol–water partition coefficient (Wildman–Crippen LogP) is 1.05. The predicted molar refractivity (Wildman–Crippen MR) is 120 cm³/mol. The average Bonchev–Trinajstić information content (AvgIpc) is 3.50. The molecule has 0 bridgehead atoms. The first-order valence-corrected chi connectivity index (χ1v) is 10.1. The lowest BCUT2D eigenvalue weighted by Gasteiger charge is -2.16. The Morgan fingerprint density at radius 1 is 1.24 bits per heavy atom. The topological polar surface area (TPSA) is 142 Å². The molecule has 1 unspecified atom stereocenters. The minimum atomic E-state index is -0.801. The zero-order valence-corrected chi connectivity index (χ0v) is 18.8. The molecule has 11 nitrogen and oxygen atoms in total. The SMILES string of the molecule is COC(=O)C(Cc1ccc(-c2cnn(CCN(C)C)c2)cc1)NC(=O)c1cnc[nH]1.O=CO. The third-order valence-corrected chi connectivity index (χ3v) is 4.67. The van der Waals surface area contributed by atoms with Gasteiger partial charge in [-0.3, -0.25) is 14.3 Å². The van der Waals surface area contributed by atoms with Crippen LogP contribution in [0.25, 0.3) is 11.1 Å². The van der Waals surface area contributed by atoms with E-state index in [0.29, 0.717) is 6.42 Å². The first-order valence-electron chi connectivity index (χ1n) is 10.1. The fourth-order valence-corrected chi connectivity index (χ4v) is 2.96. The first-order chi connectivity index (χ1) is 15.9. The largest absolute Gasteiger partial charge is 0.483 e. The number of rotatable bonds is 9. The van der Waals surface area contributed by atoms with E-state index in [1.807, 2.05) is 55.4 Å². The highest BCUT2D eigenvalue weighted by molar-refractivity contribution is 5.95. The summed E-state index contributed by atoms with van der Waals surface area (Å²) in [6.07, 6.45) is 6.97. The number of hydrogen-bond acceptors (Lipinski definition) is 7. The second kappa shape index (κ2) is 12.8. The summed E-state index contributed by atoms with van der Waals surface area (Å²) in [6, 6.07) is 7.03. The number of carbonyl (C=O) groups is 3. The van der Waals surface area contributed by atoms with E-state index < -0.39 is 17.9 Å². The molecule has 0 spiro atoms. The van der Waals surface area contributed by atoms with Gasteiger partial charge in [0.2, 0.25) is 0 Å². The molecule has 0 radical (unpaired) electrons. The number of amides is 1. The molecule has 11 heteroatoms. The summed E-state index contributed by atoms with van der Waals surface area (Å²) >= 11 is 0. The Morgan fingerprint density at radius 2 is 1.94 bits per heavy atom. The van der Waals surface area contributed by atoms with Crippen molar-refractivity contribution in [2.24, 2.45) is 0 Å². The molecular formula is C22H28N6O5. The Balaban J connectivity index is 0.00000122. The monoisotopic (exact) mass is 456 g/mol. The summed E-state index contributed by atoms with van der Waals surface area (Å²) in [5.41, 5.74) is 3.24. The second-order valence-corrected chi connectivity index (χ2v) is 7.32. The number of nitrogens with one attached hydrogen (secondary N) is 2. The van der Waals surface area contributed by atoms with Crippen molar-refractivity contribution < 1.29 is 24.2 Å². The van der Waals surface area contributed by atoms with Crippen molar-refractivity contribution in [3.63, 3.8) is 0 Å². The average molecular weight is 457 g/mol. The standard InChI is InChI=1S/C21H26N6O3.CH2O2/c1-26(2)8-9-27-13-17(11-24-27)16-6-4-15(5-7-16)10-18(21(29)30-3)25-20(28)19-12-22-14-23-19;2-1-3/h4-7,11-14,18H,8-10H2,1-3H3,(H,22,23)(H,25,28);1H,(H,2,3). The molecule has 1 atom stereocenters. The molecule has 1 amide bonds. The highest BCUT2D eigenvalue weighted by Crippen LogP contribution is 2.20. The van der Waals surface area contributed by atoms with Crippen LogP contribution in [0.15, 0.2) is 49.2 Å². The van der Waals surface area contributed by atoms with Crippen LogP contribution in [-0.4, -0.2) is 81.9 Å². The molecule has 2 heterocycles. The first kappa shape index (κ1) is 25.3. The van der Waals surface area contributed by atoms with Gasteiger partial charge in [-0.25, -0.2) is 9.78 Å². The van der Waals surface area contributed by atoms with E-state index in [4.69, 9.17) is 14.6 Å². The van der Waals surface area contributed by atoms with Gasteiger partial charge in [0.1, 0.15) is 11.7 Å². The van der Waals surface area contributed by atoms with Crippen LogP contribution >= 0.6 is 0 Å². The van der Waals surface area contributed by atoms with Gasteiger partial charge < -0.3 is 25.0 Å². The number of esters is 1. The van der Waals surface area contributed by atoms with Gasteiger partial charge in [0.15, 0.2) is 0 Å². The Labute approximate surface area is 191 Å². The van der Waals surface area contributed by atoms with Crippen molar-refractivity contribution in [3.8, 4) is 11.1 Å². The highest BCUT2D eigenvalue weighted by Gasteiger charge is 2.23. The summed E-state index contributed by atoms with van der Waals surface area (Å²) in [6.45, 7) is 1.49. The molecule has 0 aliphatic carbocycles. The number of carbonyl (C=O) groups excluding carboxylic acids is 2. The van der Waals surface area contributed by atoms with Crippen molar-refractivity contribution in [1.82, 2.24) is 30.0 Å². The molecule has 0 aliphatic heterocycles. The molecule has 0 fully saturated rings. The molecule has 0 saturated heterocycles. The van der Waals surface area contributed by atoms with Crippen LogP contribution in [-0.2, 0) is 27.3 Å². The number of nitrogens with zero attached hydrogens (tertiary/aromatic N) is 4. The van der Waals surface area contributed by atoms with Gasteiger partial charge in [0.05, 0.1) is 32.4 Å². The van der Waals surface area contributed by atoms with Crippen molar-refractivity contribution in [3.05, 3.63) is 60.4 Å². The number of benzene rings is 1. The Morgan fingerprint density at radius 3 is 2.52 bits per heavy atom. The van der Waals surface area contributed by atoms with Crippen LogP contribution in [0.2, 0.25) is 0 Å². The van der Waals surface area contributed by atoms with E-state index in [-0.39, 0.29) is 12.2 Å². The molecule has 3 N–H and O–H groups in total. The molecule has 2 aromatic heterocycles. The summed E-state index contributed by atoms with van der Waals surface area (Å²) in [7, 11) is 5.36. The number of aromatic nitrogens is 4. The fourth-order valence-electron chi connectivity index (χ4n) is 2.96. The third-order valence-electron chi connectivity index (χ3n) is 4.67. The van der Waals surface area contributed by atoms with Crippen LogP contribution in [0, 0.1) is 0 Å². The summed E-state index contributed by atoms with van der Waals surface area (Å²) in [5.74, 6) is -0.918. The Kier molecular flexibility index (Phi) is 9.78. The smallest absolute Gasteiger partial charge is 0.328 e. The molecule has 3 rings (SSSR count). The van der Waals surface area contributed by atoms with Gasteiger partial charge in [-0.1, -0.05) is 24.3 Å². The molecule has 176 valence electrons. The highest BCUT2D eigenvalue weighted by atomic mass is 16.5. The van der Waals surface area contributed by atoms with E-state index in [1.54, 1.807) is 0 Å². The molecule has 0 saturated carbocycles. The minimum absolute atomic E-state index is 0.250. The Hall–Kier alpha value is -3.99. The lowest BCUT2D eigenvalue weighted by atomic mass is 10.0. The fraction of sp³-hybridized carbons (Fsp3) is 0.318. The summed E-state index contributed by atoms with van der Waals surface area (Å²) in [5, 5.41) is 14.0. The van der Waals surface area contributed by atoms with Gasteiger partial charge in [-0.2, -0.15) is 5.10 Å². The quantitative estimate of drug-likeness (QED) is 0.320. The summed E-state index contributed by atoms with van der Waals surface area (Å²) in [4.78, 5) is 41.4. The van der Waals surface area contributed by atoms with Crippen molar-refractivity contribution in [2.75, 3.05) is 27.7 Å². The van der Waals surface area contributed by atoms with Crippen molar-refractivity contribution in [2.45, 2.75) is 19.0 Å². The maximum Gasteiger partial charge on any atom is 0.328 e. The number of H-pyrrole nitrogens is 1. The second-order valence-electron chi connectivity index (χ2n) is 7.32. The minimum Gasteiger partial charge on any atom is -0.483 e. The Bertz CT molecular complexity index is 1010. The lowest BCUT2D eigenvalue weighted by molar-refractivity contribution is -0.142. The van der Waals surface area contributed by atoms with Gasteiger partial charge in [0, 0.05) is 24.7 Å². The zero-order chi connectivity index (χ0) is 24.2. The summed E-state index contributed by atoms with van der Waals surface area (Å²) < 4.78 is 6.76. The van der Waals surface area contributed by atoms with Gasteiger partial charge in [-0.05, 0) is 25.2 Å². The molecule has 1 aromatic carbocycles. The van der Waals surface area contributed by atoms with Crippen LogP contribution in [0.4, 0.5) is 0 Å². The molecule has 3 aromatic rings. The maximum absolute atomic E-state index is 12.3. The number of likely N-dealkylation sites (N-methyl/N-ethyl adjacent to an activating group) is 1. The number of ether oxygens (including phenoxy) is 1. The number of aromatic amines is 1. The van der Waals surface area contributed by atoms with Crippen LogP contribution in [0.1, 0.15) is 16.1 Å². The van der Waals surface area contributed by atoms with E-state index in [2.05, 4.69) is 25.3 Å². The molecular weight excluding hydrogens is 428 g/mol.